The van der Waals surface area contributed by atoms with E-state index in [1.165, 1.54) is 7.11 Å². The summed E-state index contributed by atoms with van der Waals surface area (Å²) >= 11 is 0. The van der Waals surface area contributed by atoms with E-state index in [0.717, 1.165) is 0 Å². The van der Waals surface area contributed by atoms with Gasteiger partial charge < -0.3 is 19.9 Å². The van der Waals surface area contributed by atoms with Crippen molar-refractivity contribution in [3.63, 3.8) is 0 Å². The maximum absolute atomic E-state index is 11.3. The predicted octanol–water partition coefficient (Wildman–Crippen LogP) is -0.240. The number of ether oxygens (including phenoxy) is 2. The average molecular weight is 257 g/mol. The van der Waals surface area contributed by atoms with Crippen LogP contribution in [0.2, 0.25) is 0 Å². The van der Waals surface area contributed by atoms with E-state index in [0.29, 0.717) is 6.42 Å². The lowest BCUT2D eigenvalue weighted by molar-refractivity contribution is -0.145. The molecule has 0 spiro atoms. The molecule has 18 heavy (non-hydrogen) atoms. The Morgan fingerprint density at radius 3 is 2.72 bits per heavy atom. The second-order valence-corrected chi connectivity index (χ2v) is 4.01. The van der Waals surface area contributed by atoms with Gasteiger partial charge >= 0.3 is 5.97 Å². The summed E-state index contributed by atoms with van der Waals surface area (Å²) < 4.78 is 10.1. The molecule has 3 atom stereocenters. The van der Waals surface area contributed by atoms with Crippen molar-refractivity contribution >= 4 is 11.9 Å². The molecule has 1 aliphatic rings. The first-order chi connectivity index (χ1) is 8.60. The molecule has 0 saturated carbocycles. The van der Waals surface area contributed by atoms with E-state index < -0.39 is 12.2 Å². The molecule has 2 N–H and O–H groups in total. The van der Waals surface area contributed by atoms with Crippen LogP contribution in [-0.4, -0.2) is 48.9 Å². The number of aliphatic hydroxyl groups is 1. The van der Waals surface area contributed by atoms with Crippen LogP contribution in [0.5, 0.6) is 0 Å². The number of carbonyl (C=O) groups excluding carboxylic acids is 2. The number of amides is 1. The van der Waals surface area contributed by atoms with Crippen molar-refractivity contribution in [1.29, 1.82) is 0 Å². The van der Waals surface area contributed by atoms with Gasteiger partial charge in [0, 0.05) is 6.42 Å². The summed E-state index contributed by atoms with van der Waals surface area (Å²) in [6.45, 7) is 1.52. The number of carbonyl (C=O) groups is 2. The zero-order chi connectivity index (χ0) is 13.5. The fourth-order valence-corrected chi connectivity index (χ4v) is 1.67. The van der Waals surface area contributed by atoms with Crippen molar-refractivity contribution < 1.29 is 24.2 Å². The molecule has 1 heterocycles. The summed E-state index contributed by atoms with van der Waals surface area (Å²) in [5.74, 6) is -0.490. The van der Waals surface area contributed by atoms with Crippen LogP contribution in [0.3, 0.4) is 0 Å². The smallest absolute Gasteiger partial charge is 0.308 e. The van der Waals surface area contributed by atoms with Gasteiger partial charge in [0.2, 0.25) is 5.91 Å². The summed E-state index contributed by atoms with van der Waals surface area (Å²) in [6, 6.07) is -0.364. The molecule has 0 aliphatic carbocycles. The van der Waals surface area contributed by atoms with Gasteiger partial charge in [-0.15, -0.1) is 0 Å². The normalized spacial score (nSPS) is 26.7. The summed E-state index contributed by atoms with van der Waals surface area (Å²) in [4.78, 5) is 22.4. The standard InChI is InChI=1S/C12H19NO5/c1-3-11(15)13-9-5-4-8(6-12(16)17-2)18-10(9)7-14/h4-5,8-10,14H,3,6-7H2,1-2H3,(H,13,15)/t8-,9+,10-/m0/s1. The average Bonchev–Trinajstić information content (AvgIpc) is 2.39. The van der Waals surface area contributed by atoms with Crippen molar-refractivity contribution in [3.8, 4) is 0 Å². The van der Waals surface area contributed by atoms with Crippen molar-refractivity contribution in [2.75, 3.05) is 13.7 Å². The molecule has 0 fully saturated rings. The molecule has 0 unspecified atom stereocenters. The molecule has 0 aromatic rings. The van der Waals surface area contributed by atoms with Gasteiger partial charge in [-0.25, -0.2) is 0 Å². The van der Waals surface area contributed by atoms with Crippen LogP contribution in [-0.2, 0) is 19.1 Å². The molecule has 0 radical (unpaired) electrons. The molecule has 6 heteroatoms. The van der Waals surface area contributed by atoms with E-state index in [2.05, 4.69) is 10.1 Å². The molecule has 0 aromatic carbocycles. The van der Waals surface area contributed by atoms with Crippen molar-refractivity contribution in [1.82, 2.24) is 5.32 Å². The number of rotatable bonds is 5. The predicted molar refractivity (Wildman–Crippen MR) is 63.7 cm³/mol. The van der Waals surface area contributed by atoms with Crippen molar-refractivity contribution in [2.45, 2.75) is 38.0 Å². The van der Waals surface area contributed by atoms with Crippen molar-refractivity contribution in [2.24, 2.45) is 0 Å². The maximum Gasteiger partial charge on any atom is 0.308 e. The second kappa shape index (κ2) is 7.13. The highest BCUT2D eigenvalue weighted by atomic mass is 16.5. The van der Waals surface area contributed by atoms with Gasteiger partial charge in [-0.2, -0.15) is 0 Å². The lowest BCUT2D eigenvalue weighted by atomic mass is 10.0. The first-order valence-corrected chi connectivity index (χ1v) is 5.91. The molecule has 6 nitrogen and oxygen atoms in total. The van der Waals surface area contributed by atoms with E-state index in [4.69, 9.17) is 4.74 Å². The number of methoxy groups -OCH3 is 1. The van der Waals surface area contributed by atoms with E-state index in [1.54, 1.807) is 19.1 Å². The Hall–Kier alpha value is -1.40. The van der Waals surface area contributed by atoms with Crippen molar-refractivity contribution in [3.05, 3.63) is 12.2 Å². The van der Waals surface area contributed by atoms with Gasteiger partial charge in [0.15, 0.2) is 0 Å². The largest absolute Gasteiger partial charge is 0.469 e. The number of aliphatic hydroxyl groups excluding tert-OH is 1. The van der Waals surface area contributed by atoms with E-state index in [-0.39, 0.29) is 30.9 Å². The molecule has 102 valence electrons. The van der Waals surface area contributed by atoms with E-state index >= 15 is 0 Å². The van der Waals surface area contributed by atoms with Gasteiger partial charge in [0.05, 0.1) is 32.3 Å². The Morgan fingerprint density at radius 1 is 1.44 bits per heavy atom. The number of hydrogen-bond acceptors (Lipinski definition) is 5. The molecule has 1 amide bonds. The first kappa shape index (κ1) is 14.7. The second-order valence-electron chi connectivity index (χ2n) is 4.01. The third kappa shape index (κ3) is 4.12. The zero-order valence-electron chi connectivity index (χ0n) is 10.6. The molecule has 0 bridgehead atoms. The van der Waals surface area contributed by atoms with Crippen LogP contribution < -0.4 is 5.32 Å². The topological polar surface area (TPSA) is 84.9 Å². The molecule has 0 saturated heterocycles. The Morgan fingerprint density at radius 2 is 2.17 bits per heavy atom. The molecule has 1 aliphatic heterocycles. The van der Waals surface area contributed by atoms with Gasteiger partial charge in [-0.3, -0.25) is 9.59 Å². The fourth-order valence-electron chi connectivity index (χ4n) is 1.67. The minimum absolute atomic E-state index is 0.0952. The Balaban J connectivity index is 2.60. The Kier molecular flexibility index (Phi) is 5.80. The van der Waals surface area contributed by atoms with Crippen LogP contribution in [0.25, 0.3) is 0 Å². The summed E-state index contributed by atoms with van der Waals surface area (Å²) in [7, 11) is 1.31. The third-order valence-electron chi connectivity index (χ3n) is 2.71. The van der Waals surface area contributed by atoms with Gasteiger partial charge in [0.25, 0.3) is 0 Å². The minimum atomic E-state index is -0.542. The number of hydrogen-bond donors (Lipinski definition) is 2. The third-order valence-corrected chi connectivity index (χ3v) is 2.71. The van der Waals surface area contributed by atoms with Crippen LogP contribution in [0.15, 0.2) is 12.2 Å². The highest BCUT2D eigenvalue weighted by molar-refractivity contribution is 5.76. The monoisotopic (exact) mass is 257 g/mol. The SMILES string of the molecule is CCC(=O)N[C@@H]1C=C[C@@H](CC(=O)OC)O[C@H]1CO. The molecular weight excluding hydrogens is 238 g/mol. The van der Waals surface area contributed by atoms with E-state index in [9.17, 15) is 14.7 Å². The number of esters is 1. The Bertz CT molecular complexity index is 328. The summed E-state index contributed by atoms with van der Waals surface area (Å²) in [5.41, 5.74) is 0. The maximum atomic E-state index is 11.3. The van der Waals surface area contributed by atoms with E-state index in [1.807, 2.05) is 0 Å². The van der Waals surface area contributed by atoms with Gasteiger partial charge in [0.1, 0.15) is 6.10 Å². The molecule has 0 aromatic heterocycles. The van der Waals surface area contributed by atoms with Crippen LogP contribution in [0, 0.1) is 0 Å². The molecular formula is C12H19NO5. The van der Waals surface area contributed by atoms with Crippen LogP contribution in [0.4, 0.5) is 0 Å². The van der Waals surface area contributed by atoms with Crippen LogP contribution >= 0.6 is 0 Å². The lowest BCUT2D eigenvalue weighted by Crippen LogP contribution is -2.48. The van der Waals surface area contributed by atoms with Crippen LogP contribution in [0.1, 0.15) is 19.8 Å². The summed E-state index contributed by atoms with van der Waals surface area (Å²) in [5, 5.41) is 12.0. The first-order valence-electron chi connectivity index (χ1n) is 5.91. The van der Waals surface area contributed by atoms with Gasteiger partial charge in [-0.1, -0.05) is 19.1 Å². The molecule has 1 rings (SSSR count). The number of nitrogens with one attached hydrogen (secondary N) is 1. The highest BCUT2D eigenvalue weighted by Crippen LogP contribution is 2.16. The fraction of sp³-hybridized carbons (Fsp3) is 0.667. The van der Waals surface area contributed by atoms with Gasteiger partial charge in [-0.05, 0) is 0 Å². The quantitative estimate of drug-likeness (QED) is 0.524. The lowest BCUT2D eigenvalue weighted by Gasteiger charge is -2.31. The highest BCUT2D eigenvalue weighted by Gasteiger charge is 2.28. The Labute approximate surface area is 106 Å². The minimum Gasteiger partial charge on any atom is -0.469 e. The zero-order valence-corrected chi connectivity index (χ0v) is 10.6. The summed E-state index contributed by atoms with van der Waals surface area (Å²) in [6.07, 6.45) is 2.94.